The van der Waals surface area contributed by atoms with Crippen LogP contribution in [0.25, 0.3) is 0 Å². The Morgan fingerprint density at radius 1 is 1.16 bits per heavy atom. The minimum absolute atomic E-state index is 0.383. The maximum Gasteiger partial charge on any atom is 0.138 e. The maximum atomic E-state index is 6.07. The lowest BCUT2D eigenvalue weighted by atomic mass is 10.2. The zero-order valence-electron chi connectivity index (χ0n) is 10.3. The lowest BCUT2D eigenvalue weighted by molar-refractivity contribution is 0.305. The molecule has 0 atom stereocenters. The average Bonchev–Trinajstić information content (AvgIpc) is 2.40. The second kappa shape index (κ2) is 6.75. The van der Waals surface area contributed by atoms with E-state index in [1.807, 2.05) is 18.2 Å². The van der Waals surface area contributed by atoms with Gasteiger partial charge in [-0.05, 0) is 30.8 Å². The minimum atomic E-state index is 0.383. The van der Waals surface area contributed by atoms with Crippen molar-refractivity contribution >= 4 is 23.2 Å². The lowest BCUT2D eigenvalue weighted by Gasteiger charge is -2.08. The van der Waals surface area contributed by atoms with E-state index in [0.717, 1.165) is 17.7 Å². The van der Waals surface area contributed by atoms with Gasteiger partial charge in [-0.25, -0.2) is 0 Å². The first-order valence-corrected chi connectivity index (χ1v) is 6.66. The van der Waals surface area contributed by atoms with Crippen LogP contribution in [0.4, 0.5) is 0 Å². The third kappa shape index (κ3) is 4.10. The van der Waals surface area contributed by atoms with Gasteiger partial charge in [0.25, 0.3) is 0 Å². The quantitative estimate of drug-likeness (QED) is 0.919. The van der Waals surface area contributed by atoms with Crippen LogP contribution in [-0.4, -0.2) is 11.5 Å². The molecule has 0 saturated heterocycles. The number of ether oxygens (including phenoxy) is 1. The lowest BCUT2D eigenvalue weighted by Crippen LogP contribution is -2.04. The third-order valence-corrected chi connectivity index (χ3v) is 3.19. The van der Waals surface area contributed by atoms with Crippen molar-refractivity contribution in [3.05, 3.63) is 57.8 Å². The molecule has 1 heterocycles. The number of rotatable bonds is 5. The van der Waals surface area contributed by atoms with E-state index in [1.165, 1.54) is 0 Å². The van der Waals surface area contributed by atoms with Crippen molar-refractivity contribution in [1.29, 1.82) is 0 Å². The standard InChI is InChI=1S/C14H14Cl2N2O/c15-11-2-1-10(14(16)7-11)9-19-13-4-3-12(5-6-17)18-8-13/h1-4,7-8H,5-6,9,17H2. The molecule has 0 aliphatic heterocycles. The molecule has 2 aromatic rings. The fraction of sp³-hybridized carbons (Fsp3) is 0.214. The van der Waals surface area contributed by atoms with E-state index in [1.54, 1.807) is 18.3 Å². The van der Waals surface area contributed by atoms with Gasteiger partial charge in [-0.1, -0.05) is 29.3 Å². The van der Waals surface area contributed by atoms with Gasteiger partial charge in [-0.15, -0.1) is 0 Å². The van der Waals surface area contributed by atoms with Crippen LogP contribution in [0.15, 0.2) is 36.5 Å². The molecule has 19 heavy (non-hydrogen) atoms. The first-order chi connectivity index (χ1) is 9.19. The van der Waals surface area contributed by atoms with Gasteiger partial charge in [0, 0.05) is 27.7 Å². The van der Waals surface area contributed by atoms with E-state index in [0.29, 0.717) is 28.9 Å². The summed E-state index contributed by atoms with van der Waals surface area (Å²) >= 11 is 11.9. The SMILES string of the molecule is NCCc1ccc(OCc2ccc(Cl)cc2Cl)cn1. The zero-order chi connectivity index (χ0) is 13.7. The topological polar surface area (TPSA) is 48.1 Å². The van der Waals surface area contributed by atoms with Gasteiger partial charge in [0.2, 0.25) is 0 Å². The van der Waals surface area contributed by atoms with Crippen LogP contribution in [0.1, 0.15) is 11.3 Å². The van der Waals surface area contributed by atoms with Crippen LogP contribution in [0, 0.1) is 0 Å². The summed E-state index contributed by atoms with van der Waals surface area (Å²) in [6.07, 6.45) is 2.46. The van der Waals surface area contributed by atoms with Crippen molar-refractivity contribution in [2.24, 2.45) is 5.73 Å². The molecule has 5 heteroatoms. The molecule has 0 aliphatic carbocycles. The van der Waals surface area contributed by atoms with Crippen LogP contribution < -0.4 is 10.5 Å². The van der Waals surface area contributed by atoms with E-state index >= 15 is 0 Å². The van der Waals surface area contributed by atoms with Gasteiger partial charge in [-0.3, -0.25) is 4.98 Å². The van der Waals surface area contributed by atoms with E-state index in [-0.39, 0.29) is 0 Å². The van der Waals surface area contributed by atoms with Crippen molar-refractivity contribution in [2.75, 3.05) is 6.54 Å². The summed E-state index contributed by atoms with van der Waals surface area (Å²) in [5, 5.41) is 1.21. The van der Waals surface area contributed by atoms with E-state index in [9.17, 15) is 0 Å². The van der Waals surface area contributed by atoms with E-state index < -0.39 is 0 Å². The number of aromatic nitrogens is 1. The van der Waals surface area contributed by atoms with Gasteiger partial charge in [0.15, 0.2) is 0 Å². The molecule has 0 saturated carbocycles. The summed E-state index contributed by atoms with van der Waals surface area (Å²) in [6.45, 7) is 0.974. The van der Waals surface area contributed by atoms with Gasteiger partial charge in [0.1, 0.15) is 12.4 Å². The molecule has 1 aromatic carbocycles. The largest absolute Gasteiger partial charge is 0.487 e. The Hall–Kier alpha value is -1.29. The number of hydrogen-bond acceptors (Lipinski definition) is 3. The predicted molar refractivity (Wildman–Crippen MR) is 77.8 cm³/mol. The predicted octanol–water partition coefficient (Wildman–Crippen LogP) is 3.47. The fourth-order valence-corrected chi connectivity index (χ4v) is 2.05. The molecule has 0 radical (unpaired) electrons. The highest BCUT2D eigenvalue weighted by atomic mass is 35.5. The maximum absolute atomic E-state index is 6.07. The highest BCUT2D eigenvalue weighted by molar-refractivity contribution is 6.35. The Kier molecular flexibility index (Phi) is 5.02. The summed E-state index contributed by atoms with van der Waals surface area (Å²) in [5.41, 5.74) is 7.31. The number of benzene rings is 1. The molecular weight excluding hydrogens is 283 g/mol. The van der Waals surface area contributed by atoms with Crippen molar-refractivity contribution in [1.82, 2.24) is 4.98 Å². The summed E-state index contributed by atoms with van der Waals surface area (Å²) in [5.74, 6) is 0.701. The summed E-state index contributed by atoms with van der Waals surface area (Å²) in [7, 11) is 0. The molecule has 0 fully saturated rings. The van der Waals surface area contributed by atoms with Crippen molar-refractivity contribution in [3.63, 3.8) is 0 Å². The Labute approximate surface area is 122 Å². The Balaban J connectivity index is 1.98. The highest BCUT2D eigenvalue weighted by Crippen LogP contribution is 2.22. The molecule has 2 rings (SSSR count). The molecule has 1 aromatic heterocycles. The number of hydrogen-bond donors (Lipinski definition) is 1. The number of halogens is 2. The molecule has 2 N–H and O–H groups in total. The molecular formula is C14H14Cl2N2O. The van der Waals surface area contributed by atoms with Crippen molar-refractivity contribution < 1.29 is 4.74 Å². The number of nitrogens with two attached hydrogens (primary N) is 1. The second-order valence-corrected chi connectivity index (χ2v) is 4.89. The van der Waals surface area contributed by atoms with Gasteiger partial charge >= 0.3 is 0 Å². The first-order valence-electron chi connectivity index (χ1n) is 5.91. The van der Waals surface area contributed by atoms with Gasteiger partial charge in [0.05, 0.1) is 6.20 Å². The summed E-state index contributed by atoms with van der Waals surface area (Å²) in [6, 6.07) is 9.12. The van der Waals surface area contributed by atoms with Crippen LogP contribution in [0.2, 0.25) is 10.0 Å². The van der Waals surface area contributed by atoms with Crippen LogP contribution in [-0.2, 0) is 13.0 Å². The van der Waals surface area contributed by atoms with E-state index in [2.05, 4.69) is 4.98 Å². The Bertz CT molecular complexity index is 544. The summed E-state index contributed by atoms with van der Waals surface area (Å²) in [4.78, 5) is 4.26. The fourth-order valence-electron chi connectivity index (χ4n) is 1.59. The van der Waals surface area contributed by atoms with Crippen molar-refractivity contribution in [2.45, 2.75) is 13.0 Å². The normalized spacial score (nSPS) is 10.5. The van der Waals surface area contributed by atoms with Gasteiger partial charge in [-0.2, -0.15) is 0 Å². The third-order valence-electron chi connectivity index (χ3n) is 2.61. The second-order valence-electron chi connectivity index (χ2n) is 4.05. The van der Waals surface area contributed by atoms with Crippen LogP contribution in [0.5, 0.6) is 5.75 Å². The minimum Gasteiger partial charge on any atom is -0.487 e. The number of pyridine rings is 1. The van der Waals surface area contributed by atoms with E-state index in [4.69, 9.17) is 33.7 Å². The number of nitrogens with zero attached hydrogens (tertiary/aromatic N) is 1. The highest BCUT2D eigenvalue weighted by Gasteiger charge is 2.03. The molecule has 0 spiro atoms. The van der Waals surface area contributed by atoms with Crippen LogP contribution >= 0.6 is 23.2 Å². The monoisotopic (exact) mass is 296 g/mol. The molecule has 0 aliphatic rings. The molecule has 0 amide bonds. The smallest absolute Gasteiger partial charge is 0.138 e. The molecule has 0 unspecified atom stereocenters. The summed E-state index contributed by atoms with van der Waals surface area (Å²) < 4.78 is 5.62. The average molecular weight is 297 g/mol. The Morgan fingerprint density at radius 2 is 2.00 bits per heavy atom. The molecule has 0 bridgehead atoms. The van der Waals surface area contributed by atoms with Gasteiger partial charge < -0.3 is 10.5 Å². The molecule has 3 nitrogen and oxygen atoms in total. The zero-order valence-corrected chi connectivity index (χ0v) is 11.8. The van der Waals surface area contributed by atoms with Crippen LogP contribution in [0.3, 0.4) is 0 Å². The first kappa shape index (κ1) is 14.1. The Morgan fingerprint density at radius 3 is 2.63 bits per heavy atom. The molecule has 100 valence electrons. The van der Waals surface area contributed by atoms with Crippen molar-refractivity contribution in [3.8, 4) is 5.75 Å².